The molecule has 24 heavy (non-hydrogen) atoms. The van der Waals surface area contributed by atoms with Crippen LogP contribution in [0.5, 0.6) is 5.75 Å². The normalized spacial score (nSPS) is 11.0. The molecule has 0 atom stereocenters. The number of phenolic OH excluding ortho intramolecular Hbond substituents is 1. The zero-order valence-corrected chi connectivity index (χ0v) is 12.7. The number of hydrazone groups is 1. The van der Waals surface area contributed by atoms with Gasteiger partial charge in [-0.25, -0.2) is 10.2 Å². The fourth-order valence-electron chi connectivity index (χ4n) is 2.32. The number of hydrogen-bond acceptors (Lipinski definition) is 6. The van der Waals surface area contributed by atoms with Crippen LogP contribution in [0.2, 0.25) is 0 Å². The highest BCUT2D eigenvalue weighted by Gasteiger charge is 2.11. The van der Waals surface area contributed by atoms with Crippen molar-refractivity contribution >= 4 is 23.1 Å². The van der Waals surface area contributed by atoms with Crippen molar-refractivity contribution in [3.63, 3.8) is 0 Å². The molecule has 120 valence electrons. The molecule has 1 aromatic carbocycles. The van der Waals surface area contributed by atoms with E-state index in [2.05, 4.69) is 15.5 Å². The number of benzene rings is 1. The minimum absolute atomic E-state index is 0.0404. The molecule has 0 radical (unpaired) electrons. The minimum Gasteiger partial charge on any atom is -0.507 e. The lowest BCUT2D eigenvalue weighted by atomic mass is 10.0. The molecule has 0 unspecified atom stereocenters. The Morgan fingerprint density at radius 2 is 2.04 bits per heavy atom. The Balaban J connectivity index is 1.94. The fourth-order valence-corrected chi connectivity index (χ4v) is 2.32. The Labute approximate surface area is 136 Å². The number of nitrogens with zero attached hydrogens (tertiary/aromatic N) is 2. The van der Waals surface area contributed by atoms with E-state index < -0.39 is 11.5 Å². The second kappa shape index (κ2) is 6.33. The Bertz CT molecular complexity index is 994. The molecule has 0 saturated heterocycles. The van der Waals surface area contributed by atoms with Gasteiger partial charge in [0.1, 0.15) is 11.3 Å². The van der Waals surface area contributed by atoms with Gasteiger partial charge in [0.05, 0.1) is 6.21 Å². The maximum absolute atomic E-state index is 11.9. The number of amides is 1. The van der Waals surface area contributed by atoms with Gasteiger partial charge in [-0.3, -0.25) is 9.78 Å². The van der Waals surface area contributed by atoms with E-state index in [-0.39, 0.29) is 5.75 Å². The highest BCUT2D eigenvalue weighted by Crippen LogP contribution is 2.27. The van der Waals surface area contributed by atoms with E-state index in [1.165, 1.54) is 36.8 Å². The van der Waals surface area contributed by atoms with Crippen molar-refractivity contribution in [1.29, 1.82) is 0 Å². The number of aromatic hydroxyl groups is 1. The molecule has 0 aliphatic carbocycles. The number of pyridine rings is 1. The van der Waals surface area contributed by atoms with Gasteiger partial charge < -0.3 is 9.52 Å². The van der Waals surface area contributed by atoms with Gasteiger partial charge in [0.25, 0.3) is 5.91 Å². The number of hydrogen-bond donors (Lipinski definition) is 2. The SMILES string of the molecule is Cc1cc(=O)oc2ccc(O)c(/C=N/NC(=O)c3ccncc3)c12. The number of fused-ring (bicyclic) bond motifs is 1. The van der Waals surface area contributed by atoms with Crippen molar-refractivity contribution < 1.29 is 14.3 Å². The molecule has 7 heteroatoms. The maximum atomic E-state index is 11.9. The van der Waals surface area contributed by atoms with Crippen molar-refractivity contribution in [2.45, 2.75) is 6.92 Å². The third-order valence-electron chi connectivity index (χ3n) is 3.43. The summed E-state index contributed by atoms with van der Waals surface area (Å²) in [6, 6.07) is 7.34. The van der Waals surface area contributed by atoms with E-state index in [0.717, 1.165) is 0 Å². The number of rotatable bonds is 3. The highest BCUT2D eigenvalue weighted by atomic mass is 16.4. The van der Waals surface area contributed by atoms with Gasteiger partial charge in [0.2, 0.25) is 0 Å². The molecular weight excluding hydrogens is 310 g/mol. The molecule has 2 aromatic heterocycles. The van der Waals surface area contributed by atoms with Crippen LogP contribution in [0, 0.1) is 6.92 Å². The lowest BCUT2D eigenvalue weighted by Gasteiger charge is -2.06. The van der Waals surface area contributed by atoms with Crippen molar-refractivity contribution in [2.24, 2.45) is 5.10 Å². The summed E-state index contributed by atoms with van der Waals surface area (Å²) in [5.74, 6) is -0.446. The Morgan fingerprint density at radius 1 is 1.29 bits per heavy atom. The summed E-state index contributed by atoms with van der Waals surface area (Å²) >= 11 is 0. The van der Waals surface area contributed by atoms with Crippen LogP contribution in [0.4, 0.5) is 0 Å². The van der Waals surface area contributed by atoms with E-state index in [0.29, 0.717) is 27.7 Å². The minimum atomic E-state index is -0.473. The van der Waals surface area contributed by atoms with Gasteiger partial charge in [0, 0.05) is 35.0 Å². The Hall–Kier alpha value is -3.48. The summed E-state index contributed by atoms with van der Waals surface area (Å²) in [5.41, 5.74) is 3.63. The summed E-state index contributed by atoms with van der Waals surface area (Å²) in [6.07, 6.45) is 4.31. The van der Waals surface area contributed by atoms with Gasteiger partial charge in [-0.1, -0.05) is 0 Å². The number of phenols is 1. The molecule has 2 N–H and O–H groups in total. The molecule has 3 rings (SSSR count). The molecule has 7 nitrogen and oxygen atoms in total. The van der Waals surface area contributed by atoms with Crippen LogP contribution in [0.1, 0.15) is 21.5 Å². The predicted molar refractivity (Wildman–Crippen MR) is 88.2 cm³/mol. The first-order valence-electron chi connectivity index (χ1n) is 7.06. The highest BCUT2D eigenvalue weighted by molar-refractivity contribution is 6.02. The van der Waals surface area contributed by atoms with E-state index in [4.69, 9.17) is 4.42 Å². The third kappa shape index (κ3) is 3.00. The lowest BCUT2D eigenvalue weighted by molar-refractivity contribution is 0.0955. The van der Waals surface area contributed by atoms with Crippen molar-refractivity contribution in [1.82, 2.24) is 10.4 Å². The lowest BCUT2D eigenvalue weighted by Crippen LogP contribution is -2.17. The standard InChI is InChI=1S/C17H13N3O4/c1-10-8-15(22)24-14-3-2-13(21)12(16(10)14)9-19-20-17(23)11-4-6-18-7-5-11/h2-9,21H,1H3,(H,20,23)/b19-9+. The number of aryl methyl sites for hydroxylation is 1. The molecule has 0 aliphatic rings. The average Bonchev–Trinajstić information content (AvgIpc) is 2.57. The molecule has 3 aromatic rings. The van der Waals surface area contributed by atoms with Gasteiger partial charge in [-0.15, -0.1) is 0 Å². The second-order valence-electron chi connectivity index (χ2n) is 5.05. The number of carbonyl (C=O) groups excluding carboxylic acids is 1. The Kier molecular flexibility index (Phi) is 4.07. The van der Waals surface area contributed by atoms with Crippen LogP contribution in [0.3, 0.4) is 0 Å². The van der Waals surface area contributed by atoms with Crippen LogP contribution in [-0.4, -0.2) is 22.2 Å². The summed E-state index contributed by atoms with van der Waals surface area (Å²) in [4.78, 5) is 27.2. The smallest absolute Gasteiger partial charge is 0.336 e. The summed E-state index contributed by atoms with van der Waals surface area (Å²) in [5, 5.41) is 14.5. The number of nitrogens with one attached hydrogen (secondary N) is 1. The van der Waals surface area contributed by atoms with Gasteiger partial charge >= 0.3 is 5.63 Å². The molecule has 0 saturated carbocycles. The largest absolute Gasteiger partial charge is 0.507 e. The topological polar surface area (TPSA) is 105 Å². The molecule has 0 bridgehead atoms. The summed E-state index contributed by atoms with van der Waals surface area (Å²) in [7, 11) is 0. The average molecular weight is 323 g/mol. The predicted octanol–water partition coefficient (Wildman–Crippen LogP) is 1.97. The van der Waals surface area contributed by atoms with E-state index in [1.54, 1.807) is 19.1 Å². The van der Waals surface area contributed by atoms with E-state index >= 15 is 0 Å². The van der Waals surface area contributed by atoms with Gasteiger partial charge in [-0.05, 0) is 36.8 Å². The quantitative estimate of drug-likeness (QED) is 0.435. The molecule has 2 heterocycles. The van der Waals surface area contributed by atoms with Crippen LogP contribution >= 0.6 is 0 Å². The fraction of sp³-hybridized carbons (Fsp3) is 0.0588. The monoisotopic (exact) mass is 323 g/mol. The first-order valence-corrected chi connectivity index (χ1v) is 7.06. The molecule has 0 fully saturated rings. The van der Waals surface area contributed by atoms with E-state index in [1.807, 2.05) is 0 Å². The van der Waals surface area contributed by atoms with Crippen LogP contribution in [-0.2, 0) is 0 Å². The maximum Gasteiger partial charge on any atom is 0.336 e. The molecule has 1 amide bonds. The number of carbonyl (C=O) groups is 1. The van der Waals surface area contributed by atoms with Crippen molar-refractivity contribution in [3.05, 3.63) is 69.8 Å². The van der Waals surface area contributed by atoms with E-state index in [9.17, 15) is 14.7 Å². The Morgan fingerprint density at radius 3 is 2.79 bits per heavy atom. The van der Waals surface area contributed by atoms with Gasteiger partial charge in [0.15, 0.2) is 0 Å². The van der Waals surface area contributed by atoms with Crippen molar-refractivity contribution in [2.75, 3.05) is 0 Å². The van der Waals surface area contributed by atoms with Crippen molar-refractivity contribution in [3.8, 4) is 5.75 Å². The third-order valence-corrected chi connectivity index (χ3v) is 3.43. The first-order chi connectivity index (χ1) is 11.6. The van der Waals surface area contributed by atoms with Crippen LogP contribution < -0.4 is 11.1 Å². The van der Waals surface area contributed by atoms with Crippen LogP contribution in [0.15, 0.2) is 57.0 Å². The molecule has 0 aliphatic heterocycles. The summed E-state index contributed by atoms with van der Waals surface area (Å²) < 4.78 is 5.11. The molecular formula is C17H13N3O4. The van der Waals surface area contributed by atoms with Crippen LogP contribution in [0.25, 0.3) is 11.0 Å². The number of aromatic nitrogens is 1. The first kappa shape index (κ1) is 15.4. The van der Waals surface area contributed by atoms with Gasteiger partial charge in [-0.2, -0.15) is 5.10 Å². The zero-order valence-electron chi connectivity index (χ0n) is 12.7. The molecule has 0 spiro atoms. The second-order valence-corrected chi connectivity index (χ2v) is 5.05. The zero-order chi connectivity index (χ0) is 17.1. The summed E-state index contributed by atoms with van der Waals surface area (Å²) in [6.45, 7) is 1.73.